The normalized spacial score (nSPS) is 11.4. The first-order valence-electron chi connectivity index (χ1n) is 7.05. The van der Waals surface area contributed by atoms with E-state index in [4.69, 9.17) is 10.9 Å². The number of nitrogens with zero attached hydrogens (tertiary/aromatic N) is 1. The van der Waals surface area contributed by atoms with Gasteiger partial charge in [-0.2, -0.15) is 0 Å². The lowest BCUT2D eigenvalue weighted by molar-refractivity contribution is 0.102. The van der Waals surface area contributed by atoms with Gasteiger partial charge in [-0.3, -0.25) is 4.79 Å². The Hall–Kier alpha value is -3.34. The average molecular weight is 305 g/mol. The van der Waals surface area contributed by atoms with Gasteiger partial charge >= 0.3 is 0 Å². The van der Waals surface area contributed by atoms with Gasteiger partial charge in [0.25, 0.3) is 5.91 Å². The molecule has 0 saturated carbocycles. The Balaban J connectivity index is 1.89. The molecule has 0 aliphatic heterocycles. The topological polar surface area (TPSA) is 87.7 Å². The van der Waals surface area contributed by atoms with Crippen molar-refractivity contribution in [3.63, 3.8) is 0 Å². The van der Waals surface area contributed by atoms with Gasteiger partial charge in [0, 0.05) is 16.8 Å². The summed E-state index contributed by atoms with van der Waals surface area (Å²) in [5.74, 6) is -0.114. The van der Waals surface area contributed by atoms with Crippen molar-refractivity contribution in [1.82, 2.24) is 0 Å². The molecule has 114 valence electrons. The van der Waals surface area contributed by atoms with Gasteiger partial charge in [-0.15, -0.1) is 0 Å². The zero-order chi connectivity index (χ0) is 16.2. The number of fused-ring (bicyclic) bond motifs is 1. The fourth-order valence-electron chi connectivity index (χ4n) is 2.33. The molecular formula is C18H15N3O2. The molecule has 0 radical (unpaired) electrons. The van der Waals surface area contributed by atoms with Crippen molar-refractivity contribution in [3.8, 4) is 0 Å². The van der Waals surface area contributed by atoms with Gasteiger partial charge in [0.1, 0.15) is 0 Å². The molecule has 3 aromatic carbocycles. The first kappa shape index (κ1) is 14.6. The van der Waals surface area contributed by atoms with Crippen LogP contribution in [0.5, 0.6) is 0 Å². The van der Waals surface area contributed by atoms with Gasteiger partial charge in [-0.1, -0.05) is 41.6 Å². The molecule has 0 aliphatic rings. The number of nitrogens with one attached hydrogen (secondary N) is 1. The number of anilines is 1. The summed E-state index contributed by atoms with van der Waals surface area (Å²) in [5.41, 5.74) is 7.53. The lowest BCUT2D eigenvalue weighted by Crippen LogP contribution is -2.13. The minimum atomic E-state index is -0.168. The van der Waals surface area contributed by atoms with Crippen LogP contribution in [-0.2, 0) is 0 Å². The van der Waals surface area contributed by atoms with Crippen LogP contribution in [0.15, 0.2) is 71.9 Å². The Kier molecular flexibility index (Phi) is 3.93. The summed E-state index contributed by atoms with van der Waals surface area (Å²) in [7, 11) is 0. The Labute approximate surface area is 133 Å². The van der Waals surface area contributed by atoms with Crippen molar-refractivity contribution < 1.29 is 10.0 Å². The standard InChI is InChI=1S/C18H15N3O2/c19-17(21-23)14-8-6-13-11-15(9-7-12(13)10-14)18(22)20-16-4-2-1-3-5-16/h1-11,23H,(H2,19,21)(H,20,22). The van der Waals surface area contributed by atoms with Gasteiger partial charge in [-0.25, -0.2) is 0 Å². The Morgan fingerprint density at radius 2 is 1.52 bits per heavy atom. The predicted molar refractivity (Wildman–Crippen MR) is 90.9 cm³/mol. The van der Waals surface area contributed by atoms with Crippen LogP contribution in [-0.4, -0.2) is 17.0 Å². The molecule has 3 aromatic rings. The van der Waals surface area contributed by atoms with Crippen LogP contribution in [0.3, 0.4) is 0 Å². The van der Waals surface area contributed by atoms with Gasteiger partial charge in [0.2, 0.25) is 0 Å². The molecule has 0 aliphatic carbocycles. The smallest absolute Gasteiger partial charge is 0.255 e. The summed E-state index contributed by atoms with van der Waals surface area (Å²) < 4.78 is 0. The molecule has 0 bridgehead atoms. The second kappa shape index (κ2) is 6.19. The highest BCUT2D eigenvalue weighted by Gasteiger charge is 2.08. The van der Waals surface area contributed by atoms with Crippen LogP contribution in [0.4, 0.5) is 5.69 Å². The maximum absolute atomic E-state index is 12.3. The molecule has 1 amide bonds. The zero-order valence-electron chi connectivity index (χ0n) is 12.2. The second-order valence-electron chi connectivity index (χ2n) is 5.08. The number of nitrogens with two attached hydrogens (primary N) is 1. The average Bonchev–Trinajstić information content (AvgIpc) is 2.61. The molecular weight excluding hydrogens is 290 g/mol. The van der Waals surface area contributed by atoms with Crippen molar-refractivity contribution in [3.05, 3.63) is 77.9 Å². The van der Waals surface area contributed by atoms with Gasteiger partial charge in [0.15, 0.2) is 5.84 Å². The third-order valence-electron chi connectivity index (χ3n) is 3.54. The number of carbonyl (C=O) groups is 1. The minimum absolute atomic E-state index is 0.0535. The number of amides is 1. The Morgan fingerprint density at radius 1 is 0.913 bits per heavy atom. The number of hydrogen-bond acceptors (Lipinski definition) is 3. The number of amidine groups is 1. The maximum Gasteiger partial charge on any atom is 0.255 e. The van der Waals surface area contributed by atoms with Gasteiger partial charge < -0.3 is 16.3 Å². The molecule has 0 saturated heterocycles. The second-order valence-corrected chi connectivity index (χ2v) is 5.08. The number of carbonyl (C=O) groups excluding carboxylic acids is 1. The van der Waals surface area contributed by atoms with Crippen LogP contribution >= 0.6 is 0 Å². The number of oxime groups is 1. The lowest BCUT2D eigenvalue weighted by atomic mass is 10.0. The summed E-state index contributed by atoms with van der Waals surface area (Å²) in [4.78, 5) is 12.3. The van der Waals surface area contributed by atoms with Crippen molar-refractivity contribution >= 4 is 28.2 Å². The van der Waals surface area contributed by atoms with Crippen molar-refractivity contribution in [2.45, 2.75) is 0 Å². The maximum atomic E-state index is 12.3. The molecule has 5 heteroatoms. The quantitative estimate of drug-likeness (QED) is 0.300. The summed E-state index contributed by atoms with van der Waals surface area (Å²) in [6, 6.07) is 20.1. The number of benzene rings is 3. The summed E-state index contributed by atoms with van der Waals surface area (Å²) >= 11 is 0. The summed E-state index contributed by atoms with van der Waals surface area (Å²) in [6.45, 7) is 0. The van der Waals surface area contributed by atoms with E-state index >= 15 is 0 Å². The van der Waals surface area contributed by atoms with Crippen LogP contribution in [0.1, 0.15) is 15.9 Å². The molecule has 5 nitrogen and oxygen atoms in total. The highest BCUT2D eigenvalue weighted by molar-refractivity contribution is 6.07. The highest BCUT2D eigenvalue weighted by Crippen LogP contribution is 2.19. The summed E-state index contributed by atoms with van der Waals surface area (Å²) in [5, 5.41) is 16.4. The largest absolute Gasteiger partial charge is 0.409 e. The molecule has 0 unspecified atom stereocenters. The van der Waals surface area contributed by atoms with Crippen molar-refractivity contribution in [1.29, 1.82) is 0 Å². The predicted octanol–water partition coefficient (Wildman–Crippen LogP) is 3.19. The minimum Gasteiger partial charge on any atom is -0.409 e. The molecule has 4 N–H and O–H groups in total. The van der Waals surface area contributed by atoms with E-state index in [1.807, 2.05) is 54.6 Å². The Bertz CT molecular complexity index is 889. The Morgan fingerprint density at radius 3 is 2.17 bits per heavy atom. The van der Waals surface area contributed by atoms with E-state index in [-0.39, 0.29) is 11.7 Å². The van der Waals surface area contributed by atoms with Gasteiger partial charge in [-0.05, 0) is 41.1 Å². The van der Waals surface area contributed by atoms with Gasteiger partial charge in [0.05, 0.1) is 0 Å². The van der Waals surface area contributed by atoms with E-state index < -0.39 is 0 Å². The monoisotopic (exact) mass is 305 g/mol. The van der Waals surface area contributed by atoms with Crippen molar-refractivity contribution in [2.75, 3.05) is 5.32 Å². The SMILES string of the molecule is N/C(=N/O)c1ccc2cc(C(=O)Nc3ccccc3)ccc2c1. The first-order chi connectivity index (χ1) is 11.2. The molecule has 0 atom stereocenters. The zero-order valence-corrected chi connectivity index (χ0v) is 12.2. The molecule has 23 heavy (non-hydrogen) atoms. The molecule has 0 spiro atoms. The van der Waals surface area contributed by atoms with Crippen LogP contribution in [0.2, 0.25) is 0 Å². The fraction of sp³-hybridized carbons (Fsp3) is 0. The highest BCUT2D eigenvalue weighted by atomic mass is 16.4. The first-order valence-corrected chi connectivity index (χ1v) is 7.05. The summed E-state index contributed by atoms with van der Waals surface area (Å²) in [6.07, 6.45) is 0. The van der Waals surface area contributed by atoms with E-state index in [0.29, 0.717) is 11.1 Å². The number of para-hydroxylation sites is 1. The van der Waals surface area contributed by atoms with Crippen molar-refractivity contribution in [2.24, 2.45) is 10.9 Å². The van der Waals surface area contributed by atoms with E-state index in [1.54, 1.807) is 12.1 Å². The van der Waals surface area contributed by atoms with E-state index in [0.717, 1.165) is 16.5 Å². The third-order valence-corrected chi connectivity index (χ3v) is 3.54. The molecule has 3 rings (SSSR count). The van der Waals surface area contributed by atoms with E-state index in [9.17, 15) is 4.79 Å². The number of rotatable bonds is 3. The molecule has 0 fully saturated rings. The van der Waals surface area contributed by atoms with E-state index in [2.05, 4.69) is 10.5 Å². The van der Waals surface area contributed by atoms with Crippen LogP contribution in [0.25, 0.3) is 10.8 Å². The molecule has 0 aromatic heterocycles. The third kappa shape index (κ3) is 3.13. The van der Waals surface area contributed by atoms with Crippen LogP contribution in [0, 0.1) is 0 Å². The van der Waals surface area contributed by atoms with Crippen LogP contribution < -0.4 is 11.1 Å². The van der Waals surface area contributed by atoms with E-state index in [1.165, 1.54) is 0 Å². The lowest BCUT2D eigenvalue weighted by Gasteiger charge is -2.07. The fourth-order valence-corrected chi connectivity index (χ4v) is 2.33. The number of hydrogen-bond donors (Lipinski definition) is 3. The molecule has 0 heterocycles.